The lowest BCUT2D eigenvalue weighted by Gasteiger charge is -1.98. The molecule has 0 unspecified atom stereocenters. The molecule has 0 aromatic heterocycles. The summed E-state index contributed by atoms with van der Waals surface area (Å²) in [6.45, 7) is 0. The molecule has 0 heterocycles. The van der Waals surface area contributed by atoms with Gasteiger partial charge in [-0.15, -0.1) is 0 Å². The van der Waals surface area contributed by atoms with Gasteiger partial charge in [0.15, 0.2) is 0 Å². The molecule has 6 heteroatoms. The maximum atomic E-state index is 10.9. The molecule has 1 aromatic rings. The van der Waals surface area contributed by atoms with Gasteiger partial charge in [0.25, 0.3) is 5.69 Å². The van der Waals surface area contributed by atoms with Crippen LogP contribution in [0.15, 0.2) is 18.2 Å². The van der Waals surface area contributed by atoms with E-state index in [0.29, 0.717) is 0 Å². The van der Waals surface area contributed by atoms with Crippen molar-refractivity contribution in [2.45, 2.75) is 0 Å². The van der Waals surface area contributed by atoms with Crippen LogP contribution in [0.2, 0.25) is 5.02 Å². The first-order valence-electron chi connectivity index (χ1n) is 3.16. The Bertz CT molecular complexity index is 348. The average Bonchev–Trinajstić information content (AvgIpc) is 2.03. The van der Waals surface area contributed by atoms with Gasteiger partial charge in [-0.25, -0.2) is 0 Å². The van der Waals surface area contributed by atoms with E-state index in [4.69, 9.17) is 11.6 Å². The van der Waals surface area contributed by atoms with Crippen LogP contribution in [0.25, 0.3) is 0 Å². The smallest absolute Gasteiger partial charge is 0.282 e. The Morgan fingerprint density at radius 1 is 1.54 bits per heavy atom. The molecule has 13 heavy (non-hydrogen) atoms. The summed E-state index contributed by atoms with van der Waals surface area (Å²) in [4.78, 5) is 20.7. The van der Waals surface area contributed by atoms with Crippen LogP contribution in [0.3, 0.4) is 0 Å². The van der Waals surface area contributed by atoms with Gasteiger partial charge in [-0.05, 0) is 6.07 Å². The number of benzene rings is 1. The molecule has 0 aliphatic carbocycles. The molecule has 0 N–H and O–H groups in total. The monoisotopic (exact) mass is 311 g/mol. The Morgan fingerprint density at radius 2 is 2.15 bits per heavy atom. The molecule has 1 aromatic carbocycles. The number of hydrogen-bond acceptors (Lipinski definition) is 3. The zero-order valence-corrected chi connectivity index (χ0v) is 9.07. The van der Waals surface area contributed by atoms with Crippen molar-refractivity contribution in [1.29, 1.82) is 0 Å². The zero-order valence-electron chi connectivity index (χ0n) is 6.16. The Hall–Kier alpha value is -0.690. The van der Waals surface area contributed by atoms with E-state index in [1.165, 1.54) is 40.8 Å². The average molecular weight is 311 g/mol. The van der Waals surface area contributed by atoms with Gasteiger partial charge in [-0.2, -0.15) is 0 Å². The maximum absolute atomic E-state index is 10.9. The number of nitrogens with zero attached hydrogens (tertiary/aromatic N) is 1. The van der Waals surface area contributed by atoms with Crippen LogP contribution in [0.1, 0.15) is 10.4 Å². The van der Waals surface area contributed by atoms with Crippen LogP contribution in [0, 0.1) is 10.1 Å². The van der Waals surface area contributed by atoms with Crippen molar-refractivity contribution in [2.24, 2.45) is 0 Å². The van der Waals surface area contributed by atoms with E-state index >= 15 is 0 Å². The molecule has 68 valence electrons. The number of nitro groups is 1. The van der Waals surface area contributed by atoms with E-state index in [1.54, 1.807) is 0 Å². The van der Waals surface area contributed by atoms with Crippen molar-refractivity contribution in [2.75, 3.05) is 0 Å². The molecule has 0 spiro atoms. The first-order chi connectivity index (χ1) is 6.04. The standard InChI is InChI=1S/C7H3ClINO3/c8-6-4(7(9)11)2-1-3-5(6)10(12)13/h1-3H. The fourth-order valence-corrected chi connectivity index (χ4v) is 1.70. The second-order valence-electron chi connectivity index (χ2n) is 2.17. The van der Waals surface area contributed by atoms with Gasteiger partial charge in [0.05, 0.1) is 10.5 Å². The number of carbonyl (C=O) groups is 1. The summed E-state index contributed by atoms with van der Waals surface area (Å²) in [7, 11) is 0. The molecular weight excluding hydrogens is 308 g/mol. The summed E-state index contributed by atoms with van der Waals surface area (Å²) in [6.07, 6.45) is 0. The highest BCUT2D eigenvalue weighted by Crippen LogP contribution is 2.28. The van der Waals surface area contributed by atoms with Crippen molar-refractivity contribution in [3.8, 4) is 0 Å². The molecule has 0 amide bonds. The van der Waals surface area contributed by atoms with E-state index in [2.05, 4.69) is 0 Å². The van der Waals surface area contributed by atoms with Gasteiger partial charge in [0.1, 0.15) is 5.02 Å². The number of halogens is 2. The molecule has 0 saturated heterocycles. The SMILES string of the molecule is O=C(I)c1cccc([N+](=O)[O-])c1Cl. The third kappa shape index (κ3) is 2.16. The molecular formula is C7H3ClINO3. The topological polar surface area (TPSA) is 60.2 Å². The van der Waals surface area contributed by atoms with Gasteiger partial charge >= 0.3 is 0 Å². The second kappa shape index (κ2) is 4.01. The van der Waals surface area contributed by atoms with Crippen molar-refractivity contribution >= 4 is 43.7 Å². The lowest BCUT2D eigenvalue weighted by atomic mass is 10.2. The van der Waals surface area contributed by atoms with Gasteiger partial charge in [-0.3, -0.25) is 14.9 Å². The molecule has 1 rings (SSSR count). The normalized spacial score (nSPS) is 9.69. The summed E-state index contributed by atoms with van der Waals surface area (Å²) < 4.78 is -0.314. The van der Waals surface area contributed by atoms with Gasteiger partial charge < -0.3 is 0 Å². The Kier molecular flexibility index (Phi) is 3.21. The van der Waals surface area contributed by atoms with E-state index in [0.717, 1.165) is 0 Å². The van der Waals surface area contributed by atoms with E-state index < -0.39 is 4.92 Å². The van der Waals surface area contributed by atoms with Crippen molar-refractivity contribution in [3.05, 3.63) is 38.9 Å². The van der Waals surface area contributed by atoms with Crippen LogP contribution in [0.4, 0.5) is 5.69 Å². The highest BCUT2D eigenvalue weighted by molar-refractivity contribution is 14.1. The van der Waals surface area contributed by atoms with E-state index in [-0.39, 0.29) is 20.1 Å². The van der Waals surface area contributed by atoms with Crippen molar-refractivity contribution in [1.82, 2.24) is 0 Å². The van der Waals surface area contributed by atoms with Gasteiger partial charge in [-0.1, -0.05) is 17.7 Å². The van der Waals surface area contributed by atoms with Crippen molar-refractivity contribution in [3.63, 3.8) is 0 Å². The molecule has 0 atom stereocenters. The molecule has 4 nitrogen and oxygen atoms in total. The summed E-state index contributed by atoms with van der Waals surface area (Å²) in [5.74, 6) is 0. The van der Waals surface area contributed by atoms with E-state index in [9.17, 15) is 14.9 Å². The Labute approximate surface area is 92.2 Å². The summed E-state index contributed by atoms with van der Waals surface area (Å²) in [6, 6.07) is 4.13. The number of nitro benzene ring substituents is 1. The minimum Gasteiger partial charge on any atom is -0.282 e. The second-order valence-corrected chi connectivity index (χ2v) is 3.53. The number of rotatable bonds is 2. The fraction of sp³-hybridized carbons (Fsp3) is 0. The molecule has 0 radical (unpaired) electrons. The Morgan fingerprint density at radius 3 is 2.62 bits per heavy atom. The zero-order chi connectivity index (χ0) is 10.0. The number of hydrogen-bond donors (Lipinski definition) is 0. The van der Waals surface area contributed by atoms with Gasteiger partial charge in [0.2, 0.25) is 3.79 Å². The predicted molar refractivity (Wildman–Crippen MR) is 56.5 cm³/mol. The highest BCUT2D eigenvalue weighted by atomic mass is 127. The fourth-order valence-electron chi connectivity index (χ4n) is 0.813. The Balaban J connectivity index is 3.35. The first kappa shape index (κ1) is 10.4. The lowest BCUT2D eigenvalue weighted by molar-refractivity contribution is -0.384. The molecule has 0 aliphatic heterocycles. The minimum atomic E-state index is -0.620. The third-order valence-electron chi connectivity index (χ3n) is 1.39. The number of carbonyl (C=O) groups excluding carboxylic acids is 1. The lowest BCUT2D eigenvalue weighted by Crippen LogP contribution is -1.95. The molecule has 0 aliphatic rings. The minimum absolute atomic E-state index is 0.105. The van der Waals surface area contributed by atoms with Crippen LogP contribution < -0.4 is 0 Å². The van der Waals surface area contributed by atoms with Crippen LogP contribution in [-0.4, -0.2) is 8.71 Å². The summed E-state index contributed by atoms with van der Waals surface area (Å²) in [5.41, 5.74) is -0.0827. The van der Waals surface area contributed by atoms with Crippen molar-refractivity contribution < 1.29 is 9.72 Å². The van der Waals surface area contributed by atoms with E-state index in [1.807, 2.05) is 0 Å². The van der Waals surface area contributed by atoms with Crippen LogP contribution in [-0.2, 0) is 0 Å². The summed E-state index contributed by atoms with van der Waals surface area (Å²) >= 11 is 7.16. The first-order valence-corrected chi connectivity index (χ1v) is 4.62. The van der Waals surface area contributed by atoms with Crippen LogP contribution >= 0.6 is 34.2 Å². The molecule has 0 fully saturated rings. The largest absolute Gasteiger partial charge is 0.288 e. The summed E-state index contributed by atoms with van der Waals surface area (Å²) in [5, 5.41) is 10.3. The highest BCUT2D eigenvalue weighted by Gasteiger charge is 2.17. The van der Waals surface area contributed by atoms with Gasteiger partial charge in [0, 0.05) is 28.7 Å². The maximum Gasteiger partial charge on any atom is 0.288 e. The molecule has 0 bridgehead atoms. The quantitative estimate of drug-likeness (QED) is 0.365. The van der Waals surface area contributed by atoms with Crippen LogP contribution in [0.5, 0.6) is 0 Å². The third-order valence-corrected chi connectivity index (χ3v) is 2.37. The molecule has 0 saturated carbocycles. The predicted octanol–water partition coefficient (Wildman–Crippen LogP) is 2.82.